The lowest BCUT2D eigenvalue weighted by molar-refractivity contribution is -0.167. The van der Waals surface area contributed by atoms with Gasteiger partial charge in [0.05, 0.1) is 0 Å². The number of unbranched alkanes of at least 4 members (excludes halogenated alkanes) is 28. The molecule has 0 aliphatic heterocycles. The van der Waals surface area contributed by atoms with Crippen LogP contribution in [0.3, 0.4) is 0 Å². The maximum atomic E-state index is 12.8. The standard InChI is InChI=1S/C59H102O6/c1-4-7-10-13-16-19-22-25-27-29-31-34-37-40-43-46-49-52-58(61)64-55-56(54-63-57(60)51-48-45-42-39-36-33-24-21-18-15-12-9-6-3)65-59(62)53-50-47-44-41-38-35-32-30-28-26-23-20-17-14-11-8-5-2/h9,12,15,18,21,24-25,27,31,34,40,43,56H,4-8,10-11,13-14,16-17,19-20,22-23,26,28-30,32-33,35-39,41-42,44-55H2,1-3H3/b12-9+,18-15+,24-21+,27-25+,34-31+,43-40+. The Hall–Kier alpha value is -3.15. The molecule has 0 aromatic heterocycles. The minimum atomic E-state index is -0.802. The molecular formula is C59H102O6. The van der Waals surface area contributed by atoms with Crippen LogP contribution in [0.5, 0.6) is 0 Å². The Labute approximate surface area is 402 Å². The second kappa shape index (κ2) is 53.5. The summed E-state index contributed by atoms with van der Waals surface area (Å²) in [5.41, 5.74) is 0. The fourth-order valence-corrected chi connectivity index (χ4v) is 7.64. The number of hydrogen-bond donors (Lipinski definition) is 0. The summed E-state index contributed by atoms with van der Waals surface area (Å²) in [7, 11) is 0. The van der Waals surface area contributed by atoms with Gasteiger partial charge >= 0.3 is 17.9 Å². The lowest BCUT2D eigenvalue weighted by Crippen LogP contribution is -2.30. The number of ether oxygens (including phenoxy) is 3. The van der Waals surface area contributed by atoms with Crippen LogP contribution in [0.1, 0.15) is 265 Å². The van der Waals surface area contributed by atoms with Crippen LogP contribution in [0, 0.1) is 0 Å². The predicted octanol–water partition coefficient (Wildman–Crippen LogP) is 18.2. The monoisotopic (exact) mass is 907 g/mol. The van der Waals surface area contributed by atoms with E-state index in [4.69, 9.17) is 14.2 Å². The molecule has 0 aromatic carbocycles. The van der Waals surface area contributed by atoms with Crippen LogP contribution >= 0.6 is 0 Å². The van der Waals surface area contributed by atoms with E-state index in [1.165, 1.54) is 135 Å². The molecule has 0 saturated heterocycles. The maximum absolute atomic E-state index is 12.8. The molecule has 0 bridgehead atoms. The van der Waals surface area contributed by atoms with E-state index in [0.717, 1.165) is 83.5 Å². The fourth-order valence-electron chi connectivity index (χ4n) is 7.64. The number of carbonyl (C=O) groups is 3. The SMILES string of the molecule is CC/C=C/C=C/C=C/CCCCCCCC(=O)OCC(COC(=O)CCC/C=C/C/C=C/C/C=C/CCCCCCCC)OC(=O)CCCCCCCCCCCCCCCCCCC. The highest BCUT2D eigenvalue weighted by atomic mass is 16.6. The van der Waals surface area contributed by atoms with Crippen molar-refractivity contribution < 1.29 is 28.6 Å². The van der Waals surface area contributed by atoms with Gasteiger partial charge in [-0.2, -0.15) is 0 Å². The first kappa shape index (κ1) is 61.9. The second-order valence-electron chi connectivity index (χ2n) is 18.2. The summed E-state index contributed by atoms with van der Waals surface area (Å²) < 4.78 is 16.8. The molecule has 0 aliphatic carbocycles. The molecule has 0 aromatic rings. The zero-order valence-electron chi connectivity index (χ0n) is 42.7. The summed E-state index contributed by atoms with van der Waals surface area (Å²) in [6.07, 6.45) is 67.5. The Kier molecular flexibility index (Phi) is 50.9. The van der Waals surface area contributed by atoms with Crippen LogP contribution in [-0.2, 0) is 28.6 Å². The van der Waals surface area contributed by atoms with Gasteiger partial charge in [0, 0.05) is 19.3 Å². The minimum absolute atomic E-state index is 0.100. The Morgan fingerprint density at radius 2 is 0.677 bits per heavy atom. The molecule has 65 heavy (non-hydrogen) atoms. The van der Waals surface area contributed by atoms with Gasteiger partial charge in [-0.15, -0.1) is 0 Å². The van der Waals surface area contributed by atoms with E-state index in [1.807, 2.05) is 0 Å². The van der Waals surface area contributed by atoms with Crippen LogP contribution in [0.2, 0.25) is 0 Å². The van der Waals surface area contributed by atoms with Crippen LogP contribution in [0.25, 0.3) is 0 Å². The van der Waals surface area contributed by atoms with Crippen molar-refractivity contribution in [1.29, 1.82) is 0 Å². The molecule has 0 spiro atoms. The third kappa shape index (κ3) is 51.7. The van der Waals surface area contributed by atoms with Crippen molar-refractivity contribution in [2.75, 3.05) is 13.2 Å². The van der Waals surface area contributed by atoms with Gasteiger partial charge in [0.25, 0.3) is 0 Å². The van der Waals surface area contributed by atoms with E-state index in [9.17, 15) is 14.4 Å². The van der Waals surface area contributed by atoms with Gasteiger partial charge in [-0.25, -0.2) is 0 Å². The minimum Gasteiger partial charge on any atom is -0.462 e. The van der Waals surface area contributed by atoms with Gasteiger partial charge in [0.2, 0.25) is 0 Å². The molecule has 0 rings (SSSR count). The normalized spacial score (nSPS) is 12.6. The van der Waals surface area contributed by atoms with Gasteiger partial charge in [-0.05, 0) is 70.6 Å². The quantitative estimate of drug-likeness (QED) is 0.0199. The average molecular weight is 907 g/mol. The molecule has 0 saturated carbocycles. The summed E-state index contributed by atoms with van der Waals surface area (Å²) in [6.45, 7) is 6.46. The highest BCUT2D eigenvalue weighted by molar-refractivity contribution is 5.71. The first-order valence-corrected chi connectivity index (χ1v) is 27.5. The molecule has 0 radical (unpaired) electrons. The van der Waals surface area contributed by atoms with E-state index in [-0.39, 0.29) is 37.5 Å². The first-order valence-electron chi connectivity index (χ1n) is 27.5. The second-order valence-corrected chi connectivity index (χ2v) is 18.2. The molecule has 0 aliphatic rings. The molecular weight excluding hydrogens is 805 g/mol. The van der Waals surface area contributed by atoms with Gasteiger partial charge in [-0.1, -0.05) is 248 Å². The molecule has 0 fully saturated rings. The average Bonchev–Trinajstić information content (AvgIpc) is 3.30. The van der Waals surface area contributed by atoms with Crippen molar-refractivity contribution in [3.8, 4) is 0 Å². The molecule has 6 nitrogen and oxygen atoms in total. The third-order valence-electron chi connectivity index (χ3n) is 11.8. The van der Waals surface area contributed by atoms with E-state index >= 15 is 0 Å². The number of carbonyl (C=O) groups excluding carboxylic acids is 3. The topological polar surface area (TPSA) is 78.9 Å². The molecule has 0 heterocycles. The Morgan fingerprint density at radius 3 is 1.12 bits per heavy atom. The predicted molar refractivity (Wildman–Crippen MR) is 279 cm³/mol. The van der Waals surface area contributed by atoms with Crippen LogP contribution in [0.15, 0.2) is 72.9 Å². The smallest absolute Gasteiger partial charge is 0.306 e. The summed E-state index contributed by atoms with van der Waals surface area (Å²) in [5.74, 6) is -0.965. The van der Waals surface area contributed by atoms with Crippen molar-refractivity contribution in [3.63, 3.8) is 0 Å². The first-order chi connectivity index (χ1) is 32.0. The van der Waals surface area contributed by atoms with Gasteiger partial charge < -0.3 is 14.2 Å². The van der Waals surface area contributed by atoms with E-state index < -0.39 is 6.10 Å². The van der Waals surface area contributed by atoms with Gasteiger partial charge in [0.1, 0.15) is 13.2 Å². The van der Waals surface area contributed by atoms with Crippen LogP contribution < -0.4 is 0 Å². The molecule has 0 N–H and O–H groups in total. The third-order valence-corrected chi connectivity index (χ3v) is 11.8. The molecule has 1 atom stereocenters. The highest BCUT2D eigenvalue weighted by Gasteiger charge is 2.19. The van der Waals surface area contributed by atoms with Crippen molar-refractivity contribution in [1.82, 2.24) is 0 Å². The number of esters is 3. The van der Waals surface area contributed by atoms with Crippen molar-refractivity contribution in [3.05, 3.63) is 72.9 Å². The number of hydrogen-bond acceptors (Lipinski definition) is 6. The molecule has 374 valence electrons. The Balaban J connectivity index is 4.45. The summed E-state index contributed by atoms with van der Waals surface area (Å²) in [4.78, 5) is 38.0. The molecule has 1 unspecified atom stereocenters. The zero-order chi connectivity index (χ0) is 47.2. The number of allylic oxidation sites excluding steroid dienone is 12. The van der Waals surface area contributed by atoms with Crippen molar-refractivity contribution >= 4 is 17.9 Å². The van der Waals surface area contributed by atoms with Crippen LogP contribution in [-0.4, -0.2) is 37.2 Å². The largest absolute Gasteiger partial charge is 0.462 e. The lowest BCUT2D eigenvalue weighted by Gasteiger charge is -2.18. The van der Waals surface area contributed by atoms with Gasteiger partial charge in [0.15, 0.2) is 6.10 Å². The maximum Gasteiger partial charge on any atom is 0.306 e. The van der Waals surface area contributed by atoms with E-state index in [2.05, 4.69) is 93.7 Å². The van der Waals surface area contributed by atoms with Crippen molar-refractivity contribution in [2.24, 2.45) is 0 Å². The van der Waals surface area contributed by atoms with E-state index in [0.29, 0.717) is 19.3 Å². The fraction of sp³-hybridized carbons (Fsp3) is 0.746. The zero-order valence-corrected chi connectivity index (χ0v) is 42.7. The molecule has 6 heteroatoms. The summed E-state index contributed by atoms with van der Waals surface area (Å²) in [5, 5.41) is 0. The van der Waals surface area contributed by atoms with E-state index in [1.54, 1.807) is 0 Å². The van der Waals surface area contributed by atoms with Gasteiger partial charge in [-0.3, -0.25) is 14.4 Å². The lowest BCUT2D eigenvalue weighted by atomic mass is 10.0. The number of rotatable bonds is 49. The highest BCUT2D eigenvalue weighted by Crippen LogP contribution is 2.16. The molecule has 0 amide bonds. The van der Waals surface area contributed by atoms with Crippen molar-refractivity contribution in [2.45, 2.75) is 271 Å². The van der Waals surface area contributed by atoms with Crippen LogP contribution in [0.4, 0.5) is 0 Å². The summed E-state index contributed by atoms with van der Waals surface area (Å²) >= 11 is 0. The summed E-state index contributed by atoms with van der Waals surface area (Å²) in [6, 6.07) is 0. The Bertz CT molecular complexity index is 1230. The Morgan fingerprint density at radius 1 is 0.338 bits per heavy atom.